The van der Waals surface area contributed by atoms with Crippen molar-refractivity contribution < 1.29 is 22.5 Å². The maximum Gasteiger partial charge on any atom is 0.330 e. The molecule has 0 heterocycles. The number of esters is 1. The third-order valence-corrected chi connectivity index (χ3v) is 3.21. The largest absolute Gasteiger partial charge is 0.461 e. The minimum atomic E-state index is -4.31. The lowest BCUT2D eigenvalue weighted by Gasteiger charge is -2.15. The van der Waals surface area contributed by atoms with Crippen LogP contribution in [0.3, 0.4) is 0 Å². The fourth-order valence-corrected chi connectivity index (χ4v) is 1.86. The summed E-state index contributed by atoms with van der Waals surface area (Å²) in [7, 11) is -4.31. The molecule has 0 bridgehead atoms. The minimum Gasteiger partial charge on any atom is -0.461 e. The van der Waals surface area contributed by atoms with Gasteiger partial charge in [-0.2, -0.15) is 8.42 Å². The molecule has 5 nitrogen and oxygen atoms in total. The minimum absolute atomic E-state index is 0.492. The van der Waals surface area contributed by atoms with Crippen LogP contribution in [0.25, 0.3) is 0 Å². The van der Waals surface area contributed by atoms with E-state index in [-0.39, 0.29) is 0 Å². The molecule has 0 aliphatic heterocycles. The summed E-state index contributed by atoms with van der Waals surface area (Å²) in [6, 6.07) is 0. The number of hydrogen-bond acceptors (Lipinski definition) is 4. The SMILES string of the molecule is C=CC(=O)OCC(C(C)Cl)S(=O)(=O)O. The number of alkyl halides is 1. The van der Waals surface area contributed by atoms with E-state index in [0.29, 0.717) is 0 Å². The average molecular weight is 243 g/mol. The van der Waals surface area contributed by atoms with E-state index >= 15 is 0 Å². The topological polar surface area (TPSA) is 80.7 Å². The summed E-state index contributed by atoms with van der Waals surface area (Å²) in [5.74, 6) is -0.768. The highest BCUT2D eigenvalue weighted by Gasteiger charge is 2.29. The standard InChI is InChI=1S/C7H11ClO5S/c1-3-7(9)13-4-6(5(2)8)14(10,11)12/h3,5-6H,1,4H2,2H3,(H,10,11,12). The normalized spacial score (nSPS) is 15.6. The zero-order valence-electron chi connectivity index (χ0n) is 7.51. The first-order valence-corrected chi connectivity index (χ1v) is 5.62. The van der Waals surface area contributed by atoms with Gasteiger partial charge in [-0.05, 0) is 6.92 Å². The molecule has 0 aromatic heterocycles. The molecular formula is C7H11ClO5S. The molecule has 7 heteroatoms. The van der Waals surface area contributed by atoms with Gasteiger partial charge in [-0.3, -0.25) is 4.55 Å². The van der Waals surface area contributed by atoms with E-state index < -0.39 is 33.3 Å². The predicted molar refractivity (Wildman–Crippen MR) is 51.8 cm³/mol. The van der Waals surface area contributed by atoms with Crippen molar-refractivity contribution in [1.82, 2.24) is 0 Å². The van der Waals surface area contributed by atoms with Crippen LogP contribution in [0.5, 0.6) is 0 Å². The molecule has 1 N–H and O–H groups in total. The maximum atomic E-state index is 10.7. The zero-order valence-corrected chi connectivity index (χ0v) is 9.09. The number of hydrogen-bond donors (Lipinski definition) is 1. The average Bonchev–Trinajstić information content (AvgIpc) is 2.01. The number of carbonyl (C=O) groups excluding carboxylic acids is 1. The summed E-state index contributed by atoms with van der Waals surface area (Å²) in [6.07, 6.45) is 0.889. The van der Waals surface area contributed by atoms with Crippen molar-refractivity contribution >= 4 is 27.7 Å². The molecule has 82 valence electrons. The lowest BCUT2D eigenvalue weighted by Crippen LogP contribution is -2.33. The Morgan fingerprint density at radius 3 is 2.50 bits per heavy atom. The molecule has 0 spiro atoms. The van der Waals surface area contributed by atoms with Crippen LogP contribution in [0.2, 0.25) is 0 Å². The van der Waals surface area contributed by atoms with Gasteiger partial charge < -0.3 is 4.74 Å². The fourth-order valence-electron chi connectivity index (χ4n) is 0.679. The first kappa shape index (κ1) is 13.4. The molecule has 0 saturated carbocycles. The van der Waals surface area contributed by atoms with Crippen LogP contribution in [0.15, 0.2) is 12.7 Å². The van der Waals surface area contributed by atoms with E-state index in [9.17, 15) is 13.2 Å². The van der Waals surface area contributed by atoms with Gasteiger partial charge in [-0.1, -0.05) is 6.58 Å². The molecule has 0 radical (unpaired) electrons. The highest BCUT2D eigenvalue weighted by atomic mass is 35.5. The fraction of sp³-hybridized carbons (Fsp3) is 0.571. The molecule has 0 aromatic carbocycles. The molecule has 0 aliphatic rings. The second-order valence-electron chi connectivity index (χ2n) is 2.57. The number of carbonyl (C=O) groups is 1. The Labute approximate surface area is 87.4 Å². The van der Waals surface area contributed by atoms with Crippen molar-refractivity contribution in [1.29, 1.82) is 0 Å². The highest BCUT2D eigenvalue weighted by Crippen LogP contribution is 2.11. The molecular weight excluding hydrogens is 232 g/mol. The lowest BCUT2D eigenvalue weighted by molar-refractivity contribution is -0.137. The molecule has 0 fully saturated rings. The Hall–Kier alpha value is -0.590. The molecule has 2 unspecified atom stereocenters. The van der Waals surface area contributed by atoms with Gasteiger partial charge in [-0.15, -0.1) is 11.6 Å². The second-order valence-corrected chi connectivity index (χ2v) is 4.89. The Morgan fingerprint density at radius 1 is 1.71 bits per heavy atom. The van der Waals surface area contributed by atoms with Crippen LogP contribution < -0.4 is 0 Å². The highest BCUT2D eigenvalue weighted by molar-refractivity contribution is 7.86. The molecule has 2 atom stereocenters. The summed E-state index contributed by atoms with van der Waals surface area (Å²) in [5, 5.41) is -2.18. The third-order valence-electron chi connectivity index (χ3n) is 1.45. The molecule has 0 rings (SSSR count). The van der Waals surface area contributed by atoms with E-state index in [2.05, 4.69) is 11.3 Å². The Bertz CT molecular complexity index is 308. The van der Waals surface area contributed by atoms with Gasteiger partial charge in [0, 0.05) is 6.08 Å². The van der Waals surface area contributed by atoms with E-state index in [1.54, 1.807) is 0 Å². The van der Waals surface area contributed by atoms with Gasteiger partial charge in [0.05, 0.1) is 5.38 Å². The van der Waals surface area contributed by atoms with Crippen LogP contribution in [-0.4, -0.2) is 36.2 Å². The smallest absolute Gasteiger partial charge is 0.330 e. The van der Waals surface area contributed by atoms with E-state index in [1.165, 1.54) is 6.92 Å². The number of halogens is 1. The van der Waals surface area contributed by atoms with Crippen LogP contribution in [0.4, 0.5) is 0 Å². The number of rotatable bonds is 5. The first-order chi connectivity index (χ1) is 6.29. The summed E-state index contributed by atoms with van der Waals surface area (Å²) < 4.78 is 34.6. The summed E-state index contributed by atoms with van der Waals surface area (Å²) in [5.41, 5.74) is 0. The van der Waals surface area contributed by atoms with Crippen molar-refractivity contribution in [3.63, 3.8) is 0 Å². The van der Waals surface area contributed by atoms with Gasteiger partial charge in [0.2, 0.25) is 0 Å². The summed E-state index contributed by atoms with van der Waals surface area (Å²) in [4.78, 5) is 10.6. The Kier molecular flexibility index (Phi) is 5.11. The second kappa shape index (κ2) is 5.33. The molecule has 14 heavy (non-hydrogen) atoms. The van der Waals surface area contributed by atoms with Crippen molar-refractivity contribution in [2.24, 2.45) is 0 Å². The zero-order chi connectivity index (χ0) is 11.4. The van der Waals surface area contributed by atoms with E-state index in [0.717, 1.165) is 6.08 Å². The monoisotopic (exact) mass is 242 g/mol. The predicted octanol–water partition coefficient (Wildman–Crippen LogP) is 0.599. The van der Waals surface area contributed by atoms with Crippen molar-refractivity contribution in [2.75, 3.05) is 6.61 Å². The summed E-state index contributed by atoms with van der Waals surface area (Å²) >= 11 is 5.50. The van der Waals surface area contributed by atoms with Crippen molar-refractivity contribution in [3.05, 3.63) is 12.7 Å². The van der Waals surface area contributed by atoms with Gasteiger partial charge in [0.25, 0.3) is 10.1 Å². The van der Waals surface area contributed by atoms with E-state index in [4.69, 9.17) is 16.2 Å². The molecule has 0 amide bonds. The van der Waals surface area contributed by atoms with Crippen LogP contribution in [0.1, 0.15) is 6.92 Å². The van der Waals surface area contributed by atoms with Crippen LogP contribution in [-0.2, 0) is 19.6 Å². The van der Waals surface area contributed by atoms with Crippen molar-refractivity contribution in [3.8, 4) is 0 Å². The van der Waals surface area contributed by atoms with Gasteiger partial charge >= 0.3 is 5.97 Å². The van der Waals surface area contributed by atoms with Crippen molar-refractivity contribution in [2.45, 2.75) is 17.6 Å². The Morgan fingerprint density at radius 2 is 2.21 bits per heavy atom. The summed E-state index contributed by atoms with van der Waals surface area (Å²) in [6.45, 7) is 4.01. The first-order valence-electron chi connectivity index (χ1n) is 3.68. The van der Waals surface area contributed by atoms with Gasteiger partial charge in [0.1, 0.15) is 11.9 Å². The lowest BCUT2D eigenvalue weighted by atomic mass is 10.3. The van der Waals surface area contributed by atoms with E-state index in [1.807, 2.05) is 0 Å². The molecule has 0 aromatic rings. The van der Waals surface area contributed by atoms with Crippen LogP contribution >= 0.6 is 11.6 Å². The maximum absolute atomic E-state index is 10.7. The molecule has 0 saturated heterocycles. The Balaban J connectivity index is 4.42. The van der Waals surface area contributed by atoms with Gasteiger partial charge in [0.15, 0.2) is 0 Å². The van der Waals surface area contributed by atoms with Crippen LogP contribution in [0, 0.1) is 0 Å². The molecule has 0 aliphatic carbocycles. The number of ether oxygens (including phenoxy) is 1. The third kappa shape index (κ3) is 4.59. The van der Waals surface area contributed by atoms with Gasteiger partial charge in [-0.25, -0.2) is 4.79 Å². The quantitative estimate of drug-likeness (QED) is 0.330.